The molecule has 0 N–H and O–H groups in total. The molecule has 1 aliphatic rings. The van der Waals surface area contributed by atoms with Crippen molar-refractivity contribution < 1.29 is 14.3 Å². The molecule has 27 heavy (non-hydrogen) atoms. The van der Waals surface area contributed by atoms with Crippen LogP contribution in [0, 0.1) is 6.92 Å². The summed E-state index contributed by atoms with van der Waals surface area (Å²) in [5.74, 6) is 2.13. The molecule has 8 heteroatoms. The zero-order valence-electron chi connectivity index (χ0n) is 15.5. The van der Waals surface area contributed by atoms with E-state index < -0.39 is 0 Å². The lowest BCUT2D eigenvalue weighted by molar-refractivity contribution is -0.132. The molecule has 0 spiro atoms. The van der Waals surface area contributed by atoms with Gasteiger partial charge >= 0.3 is 0 Å². The van der Waals surface area contributed by atoms with E-state index in [-0.39, 0.29) is 5.91 Å². The number of halogens is 1. The highest BCUT2D eigenvalue weighted by molar-refractivity contribution is 9.10. The number of ether oxygens (including phenoxy) is 2. The molecular weight excluding hydrogens is 412 g/mol. The Morgan fingerprint density at radius 3 is 2.70 bits per heavy atom. The first kappa shape index (κ1) is 19.4. The van der Waals surface area contributed by atoms with Gasteiger partial charge in [0.05, 0.1) is 37.0 Å². The Balaban J connectivity index is 1.45. The van der Waals surface area contributed by atoms with E-state index in [1.807, 2.05) is 30.0 Å². The quantitative estimate of drug-likeness (QED) is 0.695. The van der Waals surface area contributed by atoms with Crippen molar-refractivity contribution >= 4 is 27.7 Å². The molecule has 1 saturated heterocycles. The number of rotatable bonds is 6. The lowest BCUT2D eigenvalue weighted by Gasteiger charge is -2.35. The minimum atomic E-state index is 0.106. The number of hydrogen-bond acceptors (Lipinski definition) is 6. The largest absolute Gasteiger partial charge is 0.492 e. The van der Waals surface area contributed by atoms with Gasteiger partial charge in [0, 0.05) is 26.2 Å². The predicted octanol–water partition coefficient (Wildman–Crippen LogP) is 2.67. The smallest absolute Gasteiger partial charge is 0.233 e. The summed E-state index contributed by atoms with van der Waals surface area (Å²) in [5, 5.41) is 0. The van der Waals surface area contributed by atoms with Crippen LogP contribution in [0.2, 0.25) is 0 Å². The van der Waals surface area contributed by atoms with Crippen molar-refractivity contribution in [2.24, 2.45) is 0 Å². The summed E-state index contributed by atoms with van der Waals surface area (Å²) in [6, 6.07) is 5.90. The Bertz CT molecular complexity index is 794. The topological polar surface area (TPSA) is 67.8 Å². The van der Waals surface area contributed by atoms with E-state index in [1.54, 1.807) is 19.5 Å². The van der Waals surface area contributed by atoms with Crippen molar-refractivity contribution in [2.75, 3.05) is 44.8 Å². The molecule has 0 atom stereocenters. The van der Waals surface area contributed by atoms with Crippen molar-refractivity contribution in [2.45, 2.75) is 13.3 Å². The molecular formula is C19H23BrN4O3. The Labute approximate surface area is 167 Å². The van der Waals surface area contributed by atoms with Gasteiger partial charge in [0.15, 0.2) is 5.82 Å². The van der Waals surface area contributed by atoms with Crippen LogP contribution in [0.4, 0.5) is 5.82 Å². The van der Waals surface area contributed by atoms with Gasteiger partial charge in [-0.15, -0.1) is 0 Å². The molecule has 2 heterocycles. The molecule has 0 aliphatic carbocycles. The van der Waals surface area contributed by atoms with Crippen LogP contribution in [-0.4, -0.2) is 60.7 Å². The summed E-state index contributed by atoms with van der Waals surface area (Å²) in [4.78, 5) is 25.0. The number of amides is 1. The molecule has 1 aromatic carbocycles. The minimum absolute atomic E-state index is 0.106. The van der Waals surface area contributed by atoms with Crippen LogP contribution in [0.3, 0.4) is 0 Å². The number of methoxy groups -OCH3 is 1. The average molecular weight is 435 g/mol. The number of nitrogens with zero attached hydrogens (tertiary/aromatic N) is 4. The number of carbonyl (C=O) groups is 1. The highest BCUT2D eigenvalue weighted by atomic mass is 79.9. The summed E-state index contributed by atoms with van der Waals surface area (Å²) in [6.45, 7) is 5.14. The molecule has 7 nitrogen and oxygen atoms in total. The Morgan fingerprint density at radius 1 is 1.22 bits per heavy atom. The minimum Gasteiger partial charge on any atom is -0.492 e. The van der Waals surface area contributed by atoms with Crippen LogP contribution in [0.1, 0.15) is 12.0 Å². The number of benzene rings is 1. The first-order valence-corrected chi connectivity index (χ1v) is 9.64. The maximum atomic E-state index is 12.4. The first-order valence-electron chi connectivity index (χ1n) is 8.84. The van der Waals surface area contributed by atoms with Crippen LogP contribution in [0.15, 0.2) is 35.1 Å². The number of aryl methyl sites for hydroxylation is 1. The zero-order chi connectivity index (χ0) is 19.2. The van der Waals surface area contributed by atoms with Crippen LogP contribution in [0.5, 0.6) is 11.6 Å². The third-order valence-electron chi connectivity index (χ3n) is 4.43. The Morgan fingerprint density at radius 2 is 2.00 bits per heavy atom. The van der Waals surface area contributed by atoms with Gasteiger partial charge in [0.1, 0.15) is 5.75 Å². The van der Waals surface area contributed by atoms with Crippen molar-refractivity contribution in [3.8, 4) is 11.6 Å². The monoisotopic (exact) mass is 434 g/mol. The maximum absolute atomic E-state index is 12.4. The second-order valence-electron chi connectivity index (χ2n) is 6.32. The molecule has 144 valence electrons. The fourth-order valence-electron chi connectivity index (χ4n) is 2.90. The number of piperazine rings is 1. The maximum Gasteiger partial charge on any atom is 0.233 e. The molecule has 3 rings (SSSR count). The number of carbonyl (C=O) groups excluding carboxylic acids is 1. The van der Waals surface area contributed by atoms with Crippen molar-refractivity contribution in [1.29, 1.82) is 0 Å². The highest BCUT2D eigenvalue weighted by Gasteiger charge is 2.22. The zero-order valence-corrected chi connectivity index (χ0v) is 17.1. The number of aromatic nitrogens is 2. The van der Waals surface area contributed by atoms with E-state index in [0.717, 1.165) is 34.7 Å². The van der Waals surface area contributed by atoms with Gasteiger partial charge in [-0.2, -0.15) is 4.98 Å². The summed E-state index contributed by atoms with van der Waals surface area (Å²) < 4.78 is 11.8. The van der Waals surface area contributed by atoms with Gasteiger partial charge < -0.3 is 19.3 Å². The van der Waals surface area contributed by atoms with Crippen molar-refractivity contribution in [3.63, 3.8) is 0 Å². The second kappa shape index (κ2) is 9.03. The van der Waals surface area contributed by atoms with Crippen LogP contribution in [0.25, 0.3) is 0 Å². The van der Waals surface area contributed by atoms with Gasteiger partial charge in [0.2, 0.25) is 11.8 Å². The van der Waals surface area contributed by atoms with Crippen LogP contribution in [-0.2, 0) is 4.79 Å². The Hall–Kier alpha value is -2.35. The molecule has 1 aliphatic heterocycles. The van der Waals surface area contributed by atoms with Crippen molar-refractivity contribution in [3.05, 3.63) is 40.6 Å². The summed E-state index contributed by atoms with van der Waals surface area (Å²) in [6.07, 6.45) is 3.65. The molecule has 0 saturated carbocycles. The molecule has 2 aromatic rings. The molecule has 0 radical (unpaired) electrons. The highest BCUT2D eigenvalue weighted by Crippen LogP contribution is 2.25. The van der Waals surface area contributed by atoms with Gasteiger partial charge in [-0.1, -0.05) is 6.07 Å². The van der Waals surface area contributed by atoms with E-state index in [0.29, 0.717) is 32.0 Å². The van der Waals surface area contributed by atoms with E-state index in [2.05, 4.69) is 30.8 Å². The molecule has 1 amide bonds. The fraction of sp³-hybridized carbons (Fsp3) is 0.421. The third-order valence-corrected chi connectivity index (χ3v) is 5.05. The predicted molar refractivity (Wildman–Crippen MR) is 106 cm³/mol. The SMILES string of the molecule is COc1cncc(N2CCN(C(=O)CCOc3ccc(C)cc3Br)CC2)n1. The van der Waals surface area contributed by atoms with Crippen LogP contribution < -0.4 is 14.4 Å². The molecule has 0 unspecified atom stereocenters. The number of hydrogen-bond donors (Lipinski definition) is 0. The second-order valence-corrected chi connectivity index (χ2v) is 7.17. The van der Waals surface area contributed by atoms with E-state index >= 15 is 0 Å². The molecule has 0 bridgehead atoms. The normalized spacial score (nSPS) is 14.2. The van der Waals surface area contributed by atoms with Gasteiger partial charge in [0.25, 0.3) is 0 Å². The van der Waals surface area contributed by atoms with Crippen LogP contribution >= 0.6 is 15.9 Å². The van der Waals surface area contributed by atoms with Crippen molar-refractivity contribution in [1.82, 2.24) is 14.9 Å². The standard InChI is InChI=1S/C19H23BrN4O3/c1-14-3-4-16(15(20)11-14)27-10-5-19(25)24-8-6-23(7-9-24)17-12-21-13-18(22-17)26-2/h3-4,11-13H,5-10H2,1-2H3. The van der Waals surface area contributed by atoms with E-state index in [4.69, 9.17) is 9.47 Å². The van der Waals surface area contributed by atoms with E-state index in [1.165, 1.54) is 0 Å². The number of anilines is 1. The van der Waals surface area contributed by atoms with E-state index in [9.17, 15) is 4.79 Å². The lowest BCUT2D eigenvalue weighted by Crippen LogP contribution is -2.49. The third kappa shape index (κ3) is 5.09. The summed E-state index contributed by atoms with van der Waals surface area (Å²) >= 11 is 3.48. The summed E-state index contributed by atoms with van der Waals surface area (Å²) in [5.41, 5.74) is 1.16. The molecule has 1 aromatic heterocycles. The summed E-state index contributed by atoms with van der Waals surface area (Å²) in [7, 11) is 1.57. The molecule has 1 fully saturated rings. The lowest BCUT2D eigenvalue weighted by atomic mass is 10.2. The average Bonchev–Trinajstić information content (AvgIpc) is 2.69. The van der Waals surface area contributed by atoms with Gasteiger partial charge in [-0.25, -0.2) is 0 Å². The Kier molecular flexibility index (Phi) is 6.49. The fourth-order valence-corrected chi connectivity index (χ4v) is 3.51. The van der Waals surface area contributed by atoms with Gasteiger partial charge in [-0.3, -0.25) is 9.78 Å². The van der Waals surface area contributed by atoms with Gasteiger partial charge in [-0.05, 0) is 40.5 Å². The first-order chi connectivity index (χ1) is 13.1.